The molecule has 2 aromatic rings. The number of aromatic nitrogens is 2. The van der Waals surface area contributed by atoms with Crippen LogP contribution < -0.4 is 9.62 Å². The molecule has 1 aliphatic rings. The molecule has 140 valence electrons. The minimum absolute atomic E-state index is 0.121. The summed E-state index contributed by atoms with van der Waals surface area (Å²) in [5.74, 6) is 0.619. The summed E-state index contributed by atoms with van der Waals surface area (Å²) in [6.45, 7) is 8.50. The van der Waals surface area contributed by atoms with Crippen molar-refractivity contribution in [3.8, 4) is 0 Å². The number of hydrogen-bond acceptors (Lipinski definition) is 6. The van der Waals surface area contributed by atoms with E-state index in [2.05, 4.69) is 19.6 Å². The van der Waals surface area contributed by atoms with E-state index in [1.165, 1.54) is 0 Å². The Morgan fingerprint density at radius 1 is 1.12 bits per heavy atom. The number of rotatable bonds is 5. The molecule has 3 rings (SSSR count). The van der Waals surface area contributed by atoms with Crippen LogP contribution >= 0.6 is 0 Å². The summed E-state index contributed by atoms with van der Waals surface area (Å²) in [4.78, 5) is 11.3. The molecule has 26 heavy (non-hydrogen) atoms. The number of anilines is 1. The highest BCUT2D eigenvalue weighted by Crippen LogP contribution is 2.17. The van der Waals surface area contributed by atoms with Crippen molar-refractivity contribution >= 4 is 16.0 Å². The van der Waals surface area contributed by atoms with E-state index in [0.29, 0.717) is 29.8 Å². The summed E-state index contributed by atoms with van der Waals surface area (Å²) in [5, 5.41) is 0. The van der Waals surface area contributed by atoms with Crippen LogP contribution in [0, 0.1) is 20.8 Å². The Morgan fingerprint density at radius 3 is 2.54 bits per heavy atom. The van der Waals surface area contributed by atoms with Crippen molar-refractivity contribution in [2.75, 3.05) is 31.2 Å². The van der Waals surface area contributed by atoms with Gasteiger partial charge >= 0.3 is 0 Å². The van der Waals surface area contributed by atoms with E-state index < -0.39 is 10.0 Å². The third-order valence-electron chi connectivity index (χ3n) is 4.25. The fourth-order valence-electron chi connectivity index (χ4n) is 2.96. The molecular formula is C18H24N4O3S. The van der Waals surface area contributed by atoms with Gasteiger partial charge in [-0.2, -0.15) is 0 Å². The van der Waals surface area contributed by atoms with Crippen molar-refractivity contribution in [3.05, 3.63) is 46.8 Å². The molecule has 0 atom stereocenters. The van der Waals surface area contributed by atoms with Crippen LogP contribution in [0.4, 0.5) is 5.95 Å². The van der Waals surface area contributed by atoms with Crippen molar-refractivity contribution in [2.24, 2.45) is 0 Å². The summed E-state index contributed by atoms with van der Waals surface area (Å²) < 4.78 is 33.3. The predicted octanol–water partition coefficient (Wildman–Crippen LogP) is 1.72. The van der Waals surface area contributed by atoms with Gasteiger partial charge in [0, 0.05) is 18.8 Å². The first-order valence-corrected chi connectivity index (χ1v) is 10.1. The standard InChI is InChI=1S/C18H24N4O3S/c1-13-4-5-17(14(2)10-13)26(23,24)19-12-16-11-15(3)20-18(21-16)22-6-8-25-9-7-22/h4-5,10-11,19H,6-9,12H2,1-3H3. The van der Waals surface area contributed by atoms with E-state index in [-0.39, 0.29) is 6.54 Å². The van der Waals surface area contributed by atoms with Crippen LogP contribution in [-0.2, 0) is 21.3 Å². The monoisotopic (exact) mass is 376 g/mol. The quantitative estimate of drug-likeness (QED) is 0.855. The van der Waals surface area contributed by atoms with Crippen molar-refractivity contribution in [2.45, 2.75) is 32.2 Å². The summed E-state index contributed by atoms with van der Waals surface area (Å²) in [6, 6.07) is 7.10. The third kappa shape index (κ3) is 4.38. The van der Waals surface area contributed by atoms with Gasteiger partial charge in [0.25, 0.3) is 0 Å². The number of morpholine rings is 1. The zero-order chi connectivity index (χ0) is 18.7. The number of ether oxygens (including phenoxy) is 1. The average molecular weight is 376 g/mol. The van der Waals surface area contributed by atoms with E-state index in [9.17, 15) is 8.42 Å². The van der Waals surface area contributed by atoms with E-state index in [4.69, 9.17) is 4.74 Å². The zero-order valence-electron chi connectivity index (χ0n) is 15.3. The number of aryl methyl sites for hydroxylation is 3. The number of nitrogens with zero attached hydrogens (tertiary/aromatic N) is 3. The molecule has 1 aromatic heterocycles. The Morgan fingerprint density at radius 2 is 1.85 bits per heavy atom. The van der Waals surface area contributed by atoms with Gasteiger partial charge in [0.15, 0.2) is 0 Å². The summed E-state index contributed by atoms with van der Waals surface area (Å²) in [5.41, 5.74) is 3.21. The lowest BCUT2D eigenvalue weighted by molar-refractivity contribution is 0.122. The van der Waals surface area contributed by atoms with Gasteiger partial charge in [0.2, 0.25) is 16.0 Å². The van der Waals surface area contributed by atoms with Crippen LogP contribution in [0.15, 0.2) is 29.2 Å². The lowest BCUT2D eigenvalue weighted by atomic mass is 10.2. The second-order valence-electron chi connectivity index (χ2n) is 6.49. The van der Waals surface area contributed by atoms with Crippen LogP contribution in [0.1, 0.15) is 22.5 Å². The highest BCUT2D eigenvalue weighted by atomic mass is 32.2. The first-order valence-electron chi connectivity index (χ1n) is 8.59. The molecule has 1 N–H and O–H groups in total. The second-order valence-corrected chi connectivity index (χ2v) is 8.23. The molecular weight excluding hydrogens is 352 g/mol. The largest absolute Gasteiger partial charge is 0.378 e. The van der Waals surface area contributed by atoms with Crippen molar-refractivity contribution in [1.29, 1.82) is 0 Å². The predicted molar refractivity (Wildman–Crippen MR) is 99.7 cm³/mol. The molecule has 0 aliphatic carbocycles. The van der Waals surface area contributed by atoms with Crippen LogP contribution in [0.5, 0.6) is 0 Å². The number of benzene rings is 1. The highest BCUT2D eigenvalue weighted by Gasteiger charge is 2.18. The molecule has 8 heteroatoms. The van der Waals surface area contributed by atoms with Crippen LogP contribution in [-0.4, -0.2) is 44.7 Å². The Balaban J connectivity index is 1.77. The molecule has 2 heterocycles. The summed E-state index contributed by atoms with van der Waals surface area (Å²) in [7, 11) is -3.60. The maximum absolute atomic E-state index is 12.6. The van der Waals surface area contributed by atoms with Gasteiger partial charge in [-0.1, -0.05) is 17.7 Å². The van der Waals surface area contributed by atoms with E-state index in [1.807, 2.05) is 19.9 Å². The minimum Gasteiger partial charge on any atom is -0.378 e. The van der Waals surface area contributed by atoms with Crippen molar-refractivity contribution in [3.63, 3.8) is 0 Å². The summed E-state index contributed by atoms with van der Waals surface area (Å²) >= 11 is 0. The fourth-order valence-corrected chi connectivity index (χ4v) is 4.18. The third-order valence-corrected chi connectivity index (χ3v) is 5.81. The van der Waals surface area contributed by atoms with Gasteiger partial charge in [-0.15, -0.1) is 0 Å². The topological polar surface area (TPSA) is 84.4 Å². The number of sulfonamides is 1. The Labute approximate surface area is 154 Å². The van der Waals surface area contributed by atoms with Gasteiger partial charge in [-0.25, -0.2) is 23.1 Å². The maximum atomic E-state index is 12.6. The molecule has 0 amide bonds. The molecule has 0 radical (unpaired) electrons. The number of hydrogen-bond donors (Lipinski definition) is 1. The van der Waals surface area contributed by atoms with Gasteiger partial charge in [-0.05, 0) is 38.5 Å². The van der Waals surface area contributed by atoms with Crippen LogP contribution in [0.2, 0.25) is 0 Å². The smallest absolute Gasteiger partial charge is 0.241 e. The lowest BCUT2D eigenvalue weighted by Gasteiger charge is -2.27. The number of nitrogens with one attached hydrogen (secondary N) is 1. The molecule has 1 saturated heterocycles. The van der Waals surface area contributed by atoms with Gasteiger partial charge in [0.1, 0.15) is 0 Å². The van der Waals surface area contributed by atoms with Gasteiger partial charge in [-0.3, -0.25) is 0 Å². The Kier molecular flexibility index (Phi) is 5.55. The average Bonchev–Trinajstić information content (AvgIpc) is 2.60. The van der Waals surface area contributed by atoms with E-state index in [1.54, 1.807) is 25.1 Å². The van der Waals surface area contributed by atoms with Crippen molar-refractivity contribution < 1.29 is 13.2 Å². The normalized spacial score (nSPS) is 15.3. The van der Waals surface area contributed by atoms with Gasteiger partial charge < -0.3 is 9.64 Å². The molecule has 7 nitrogen and oxygen atoms in total. The first kappa shape index (κ1) is 18.8. The van der Waals surface area contributed by atoms with Crippen LogP contribution in [0.3, 0.4) is 0 Å². The molecule has 0 saturated carbocycles. The van der Waals surface area contributed by atoms with E-state index in [0.717, 1.165) is 29.9 Å². The van der Waals surface area contributed by atoms with Gasteiger partial charge in [0.05, 0.1) is 30.3 Å². The Hall–Kier alpha value is -2.03. The van der Waals surface area contributed by atoms with Crippen LogP contribution in [0.25, 0.3) is 0 Å². The molecule has 1 aromatic carbocycles. The van der Waals surface area contributed by atoms with Crippen molar-refractivity contribution in [1.82, 2.24) is 14.7 Å². The first-order chi connectivity index (χ1) is 12.3. The molecule has 1 aliphatic heterocycles. The zero-order valence-corrected chi connectivity index (χ0v) is 16.1. The summed E-state index contributed by atoms with van der Waals surface area (Å²) in [6.07, 6.45) is 0. The maximum Gasteiger partial charge on any atom is 0.241 e. The van der Waals surface area contributed by atoms with E-state index >= 15 is 0 Å². The molecule has 0 bridgehead atoms. The Bertz CT molecular complexity index is 893. The minimum atomic E-state index is -3.60. The molecule has 0 spiro atoms. The molecule has 1 fully saturated rings. The fraction of sp³-hybridized carbons (Fsp3) is 0.444. The highest BCUT2D eigenvalue weighted by molar-refractivity contribution is 7.89. The lowest BCUT2D eigenvalue weighted by Crippen LogP contribution is -2.37. The SMILES string of the molecule is Cc1ccc(S(=O)(=O)NCc2cc(C)nc(N3CCOCC3)n2)c(C)c1. The molecule has 0 unspecified atom stereocenters. The second kappa shape index (κ2) is 7.69.